The van der Waals surface area contributed by atoms with Gasteiger partial charge in [0.25, 0.3) is 0 Å². The van der Waals surface area contributed by atoms with Crippen molar-refractivity contribution in [2.24, 2.45) is 5.16 Å². The second-order valence-electron chi connectivity index (χ2n) is 6.30. The van der Waals surface area contributed by atoms with E-state index in [0.717, 1.165) is 11.3 Å². The van der Waals surface area contributed by atoms with Gasteiger partial charge in [0, 0.05) is 18.0 Å². The number of ether oxygens (including phenoxy) is 1. The minimum atomic E-state index is -0.257. The van der Waals surface area contributed by atoms with Gasteiger partial charge >= 0.3 is 6.03 Å². The highest BCUT2D eigenvalue weighted by Crippen LogP contribution is 2.24. The van der Waals surface area contributed by atoms with Crippen molar-refractivity contribution >= 4 is 29.0 Å². The number of hydrogen-bond donors (Lipinski definition) is 1. The maximum Gasteiger partial charge on any atom is 0.322 e. The van der Waals surface area contributed by atoms with Crippen molar-refractivity contribution in [1.82, 2.24) is 4.90 Å². The van der Waals surface area contributed by atoms with Crippen molar-refractivity contribution in [1.29, 1.82) is 0 Å². The molecule has 3 rings (SSSR count). The van der Waals surface area contributed by atoms with Gasteiger partial charge in [-0.1, -0.05) is 47.1 Å². The van der Waals surface area contributed by atoms with Crippen molar-refractivity contribution in [3.63, 3.8) is 0 Å². The molecule has 1 aliphatic rings. The van der Waals surface area contributed by atoms with E-state index < -0.39 is 0 Å². The first-order valence-electron chi connectivity index (χ1n) is 8.89. The molecule has 1 N–H and O–H groups in total. The number of nitrogens with one attached hydrogen (secondary N) is 1. The number of para-hydroxylation sites is 2. The van der Waals surface area contributed by atoms with Gasteiger partial charge in [-0.15, -0.1) is 6.58 Å². The number of benzene rings is 2. The summed E-state index contributed by atoms with van der Waals surface area (Å²) in [4.78, 5) is 19.9. The molecule has 2 aromatic rings. The van der Waals surface area contributed by atoms with Crippen LogP contribution in [0.4, 0.5) is 10.5 Å². The first-order valence-corrected chi connectivity index (χ1v) is 9.27. The first-order chi connectivity index (χ1) is 13.6. The topological polar surface area (TPSA) is 63.2 Å². The fourth-order valence-corrected chi connectivity index (χ4v) is 3.05. The Morgan fingerprint density at radius 1 is 1.36 bits per heavy atom. The van der Waals surface area contributed by atoms with Crippen molar-refractivity contribution in [2.45, 2.75) is 12.5 Å². The van der Waals surface area contributed by atoms with E-state index >= 15 is 0 Å². The molecule has 0 bridgehead atoms. The SMILES string of the molecule is C=CCN(C[C@@H]1CC(c2ccc(Cl)cc2)=NO1)C(=O)Nc1ccccc1OC. The van der Waals surface area contributed by atoms with Crippen LogP contribution in [0.5, 0.6) is 5.75 Å². The lowest BCUT2D eigenvalue weighted by molar-refractivity contribution is 0.0645. The summed E-state index contributed by atoms with van der Waals surface area (Å²) >= 11 is 5.93. The lowest BCUT2D eigenvalue weighted by Gasteiger charge is -2.24. The van der Waals surface area contributed by atoms with Gasteiger partial charge < -0.3 is 19.8 Å². The van der Waals surface area contributed by atoms with Gasteiger partial charge in [0.05, 0.1) is 25.1 Å². The highest BCUT2D eigenvalue weighted by atomic mass is 35.5. The smallest absolute Gasteiger partial charge is 0.322 e. The molecule has 28 heavy (non-hydrogen) atoms. The Bertz CT molecular complexity index is 867. The number of methoxy groups -OCH3 is 1. The monoisotopic (exact) mass is 399 g/mol. The number of amides is 2. The third-order valence-electron chi connectivity index (χ3n) is 4.32. The van der Waals surface area contributed by atoms with Crippen LogP contribution in [0.15, 0.2) is 66.3 Å². The second-order valence-corrected chi connectivity index (χ2v) is 6.74. The average Bonchev–Trinajstić information content (AvgIpc) is 3.17. The third-order valence-corrected chi connectivity index (χ3v) is 4.57. The second kappa shape index (κ2) is 9.28. The predicted octanol–water partition coefficient (Wildman–Crippen LogP) is 4.56. The molecule has 0 saturated heterocycles. The van der Waals surface area contributed by atoms with Crippen molar-refractivity contribution < 1.29 is 14.4 Å². The normalized spacial score (nSPS) is 15.4. The van der Waals surface area contributed by atoms with Crippen LogP contribution in [0, 0.1) is 0 Å². The molecule has 0 spiro atoms. The summed E-state index contributed by atoms with van der Waals surface area (Å²) in [5.41, 5.74) is 2.40. The fraction of sp³-hybridized carbons (Fsp3) is 0.238. The van der Waals surface area contributed by atoms with Crippen molar-refractivity contribution in [2.75, 3.05) is 25.5 Å². The number of carbonyl (C=O) groups is 1. The van der Waals surface area contributed by atoms with Gasteiger partial charge in [-0.2, -0.15) is 0 Å². The van der Waals surface area contributed by atoms with E-state index in [1.165, 1.54) is 0 Å². The molecule has 0 unspecified atom stereocenters. The molecule has 0 radical (unpaired) electrons. The Balaban J connectivity index is 1.62. The average molecular weight is 400 g/mol. The van der Waals surface area contributed by atoms with Crippen LogP contribution in [0.3, 0.4) is 0 Å². The predicted molar refractivity (Wildman–Crippen MR) is 111 cm³/mol. The minimum Gasteiger partial charge on any atom is -0.495 e. The van der Waals surface area contributed by atoms with Gasteiger partial charge in [0.15, 0.2) is 6.10 Å². The molecule has 1 heterocycles. The molecule has 1 aliphatic heterocycles. The number of oxime groups is 1. The van der Waals surface area contributed by atoms with E-state index in [-0.39, 0.29) is 12.1 Å². The van der Waals surface area contributed by atoms with Crippen LogP contribution in [-0.4, -0.2) is 42.9 Å². The third kappa shape index (κ3) is 4.84. The molecule has 7 heteroatoms. The van der Waals surface area contributed by atoms with Gasteiger partial charge in [-0.3, -0.25) is 0 Å². The molecule has 146 valence electrons. The Morgan fingerprint density at radius 2 is 2.11 bits per heavy atom. The van der Waals surface area contributed by atoms with Crippen molar-refractivity contribution in [3.8, 4) is 5.75 Å². The van der Waals surface area contributed by atoms with E-state index in [0.29, 0.717) is 36.0 Å². The molecular formula is C21H22ClN3O3. The molecule has 0 aliphatic carbocycles. The summed E-state index contributed by atoms with van der Waals surface area (Å²) < 4.78 is 5.28. The van der Waals surface area contributed by atoms with Gasteiger partial charge in [0.2, 0.25) is 0 Å². The van der Waals surface area contributed by atoms with E-state index in [4.69, 9.17) is 21.2 Å². The standard InChI is InChI=1S/C21H22ClN3O3/c1-3-12-25(21(26)23-18-6-4-5-7-20(18)27-2)14-17-13-19(24-28-17)15-8-10-16(22)11-9-15/h3-11,17H,1,12-14H2,2H3,(H,23,26)/t17-/m0/s1. The Kier molecular flexibility index (Phi) is 6.55. The maximum atomic E-state index is 12.8. The van der Waals surface area contributed by atoms with Crippen molar-refractivity contribution in [3.05, 3.63) is 71.8 Å². The number of rotatable bonds is 7. The Morgan fingerprint density at radius 3 is 2.82 bits per heavy atom. The molecule has 0 aromatic heterocycles. The number of nitrogens with zero attached hydrogens (tertiary/aromatic N) is 2. The summed E-state index contributed by atoms with van der Waals surface area (Å²) in [6.07, 6.45) is 2.06. The molecule has 0 saturated carbocycles. The lowest BCUT2D eigenvalue weighted by Crippen LogP contribution is -2.40. The quantitative estimate of drug-likeness (QED) is 0.694. The van der Waals surface area contributed by atoms with Crippen LogP contribution in [0.2, 0.25) is 5.02 Å². The molecule has 1 atom stereocenters. The minimum absolute atomic E-state index is 0.228. The van der Waals surface area contributed by atoms with Crippen LogP contribution in [-0.2, 0) is 4.84 Å². The Labute approximate surface area is 169 Å². The molecule has 2 aromatic carbocycles. The zero-order valence-corrected chi connectivity index (χ0v) is 16.4. The lowest BCUT2D eigenvalue weighted by atomic mass is 10.0. The van der Waals surface area contributed by atoms with Crippen LogP contribution >= 0.6 is 11.6 Å². The summed E-state index contributed by atoms with van der Waals surface area (Å²) in [6, 6.07) is 14.4. The number of halogens is 1. The molecule has 2 amide bonds. The number of urea groups is 1. The Hall–Kier alpha value is -2.99. The summed E-state index contributed by atoms with van der Waals surface area (Å²) in [5.74, 6) is 0.597. The highest BCUT2D eigenvalue weighted by Gasteiger charge is 2.26. The number of carbonyl (C=O) groups excluding carboxylic acids is 1. The van der Waals surface area contributed by atoms with Crippen LogP contribution in [0.25, 0.3) is 0 Å². The van der Waals surface area contributed by atoms with E-state index in [1.807, 2.05) is 36.4 Å². The highest BCUT2D eigenvalue weighted by molar-refractivity contribution is 6.30. The maximum absolute atomic E-state index is 12.8. The molecule has 6 nitrogen and oxygen atoms in total. The fourth-order valence-electron chi connectivity index (χ4n) is 2.92. The summed E-state index contributed by atoms with van der Waals surface area (Å²) in [7, 11) is 1.56. The van der Waals surface area contributed by atoms with Gasteiger partial charge in [-0.05, 0) is 29.8 Å². The zero-order valence-electron chi connectivity index (χ0n) is 15.6. The summed E-state index contributed by atoms with van der Waals surface area (Å²) in [5, 5.41) is 7.72. The van der Waals surface area contributed by atoms with Gasteiger partial charge in [0.1, 0.15) is 5.75 Å². The van der Waals surface area contributed by atoms with Gasteiger partial charge in [-0.25, -0.2) is 4.79 Å². The summed E-state index contributed by atoms with van der Waals surface area (Å²) in [6.45, 7) is 4.51. The van der Waals surface area contributed by atoms with E-state index in [1.54, 1.807) is 30.2 Å². The molecule has 0 fully saturated rings. The first kappa shape index (κ1) is 19.8. The van der Waals surface area contributed by atoms with E-state index in [2.05, 4.69) is 17.1 Å². The number of hydrogen-bond acceptors (Lipinski definition) is 4. The van der Waals surface area contributed by atoms with Crippen LogP contribution in [0.1, 0.15) is 12.0 Å². The largest absolute Gasteiger partial charge is 0.495 e. The zero-order chi connectivity index (χ0) is 19.9. The number of anilines is 1. The van der Waals surface area contributed by atoms with Crippen LogP contribution < -0.4 is 10.1 Å². The molecular weight excluding hydrogens is 378 g/mol. The van der Waals surface area contributed by atoms with E-state index in [9.17, 15) is 4.79 Å².